The van der Waals surface area contributed by atoms with Crippen LogP contribution in [0.15, 0.2) is 36.8 Å². The van der Waals surface area contributed by atoms with Gasteiger partial charge in [-0.15, -0.1) is 0 Å². The van der Waals surface area contributed by atoms with Crippen molar-refractivity contribution in [2.45, 2.75) is 13.1 Å². The molecule has 0 saturated carbocycles. The Labute approximate surface area is 111 Å². The Morgan fingerprint density at radius 2 is 2.32 bits per heavy atom. The summed E-state index contributed by atoms with van der Waals surface area (Å²) in [6.07, 6.45) is 5.03. The van der Waals surface area contributed by atoms with Crippen LogP contribution in [0.25, 0.3) is 0 Å². The van der Waals surface area contributed by atoms with Crippen LogP contribution in [0.5, 0.6) is 0 Å². The van der Waals surface area contributed by atoms with Crippen LogP contribution in [0.4, 0.5) is 0 Å². The predicted molar refractivity (Wildman–Crippen MR) is 69.5 cm³/mol. The van der Waals surface area contributed by atoms with Crippen LogP contribution in [-0.4, -0.2) is 34.4 Å². The molecule has 100 valence electrons. The highest BCUT2D eigenvalue weighted by Gasteiger charge is 2.11. The monoisotopic (exact) mass is 260 g/mol. The molecule has 1 N–H and O–H groups in total. The highest BCUT2D eigenvalue weighted by Crippen LogP contribution is 2.01. The highest BCUT2D eigenvalue weighted by molar-refractivity contribution is 5.92. The minimum Gasteiger partial charge on any atom is -0.383 e. The van der Waals surface area contributed by atoms with Crippen LogP contribution in [-0.2, 0) is 17.8 Å². The quantitative estimate of drug-likeness (QED) is 0.836. The van der Waals surface area contributed by atoms with E-state index >= 15 is 0 Å². The molecular weight excluding hydrogens is 244 g/mol. The zero-order valence-electron chi connectivity index (χ0n) is 10.7. The molecule has 2 rings (SSSR count). The summed E-state index contributed by atoms with van der Waals surface area (Å²) in [5, 5.41) is 6.93. The number of amides is 1. The van der Waals surface area contributed by atoms with Crippen molar-refractivity contribution in [1.82, 2.24) is 20.1 Å². The molecule has 2 aromatic heterocycles. The van der Waals surface area contributed by atoms with Gasteiger partial charge in [-0.1, -0.05) is 6.07 Å². The number of pyridine rings is 1. The van der Waals surface area contributed by atoms with Crippen molar-refractivity contribution in [3.63, 3.8) is 0 Å². The van der Waals surface area contributed by atoms with Crippen molar-refractivity contribution in [1.29, 1.82) is 0 Å². The second kappa shape index (κ2) is 6.65. The van der Waals surface area contributed by atoms with Gasteiger partial charge in [0.05, 0.1) is 13.2 Å². The molecule has 0 unspecified atom stereocenters. The molecule has 2 heterocycles. The molecule has 0 bridgehead atoms. The number of ether oxygens (including phenoxy) is 1. The summed E-state index contributed by atoms with van der Waals surface area (Å²) in [4.78, 5) is 16.0. The molecular formula is C13H16N4O2. The van der Waals surface area contributed by atoms with E-state index < -0.39 is 0 Å². The highest BCUT2D eigenvalue weighted by atomic mass is 16.5. The molecule has 0 radical (unpaired) electrons. The van der Waals surface area contributed by atoms with Crippen LogP contribution in [0.2, 0.25) is 0 Å². The van der Waals surface area contributed by atoms with Gasteiger partial charge in [0.1, 0.15) is 5.69 Å². The molecule has 0 saturated heterocycles. The number of methoxy groups -OCH3 is 1. The lowest BCUT2D eigenvalue weighted by molar-refractivity contribution is 0.0936. The van der Waals surface area contributed by atoms with Crippen molar-refractivity contribution >= 4 is 5.91 Å². The molecule has 0 aliphatic carbocycles. The lowest BCUT2D eigenvalue weighted by Crippen LogP contribution is -2.26. The van der Waals surface area contributed by atoms with Gasteiger partial charge < -0.3 is 10.1 Å². The fourth-order valence-corrected chi connectivity index (χ4v) is 1.66. The lowest BCUT2D eigenvalue weighted by atomic mass is 10.3. The van der Waals surface area contributed by atoms with E-state index in [1.807, 2.05) is 12.1 Å². The number of rotatable bonds is 6. The van der Waals surface area contributed by atoms with Crippen molar-refractivity contribution < 1.29 is 9.53 Å². The summed E-state index contributed by atoms with van der Waals surface area (Å²) in [5.41, 5.74) is 1.49. The molecule has 0 aliphatic rings. The maximum atomic E-state index is 12.0. The Bertz CT molecular complexity index is 524. The second-order valence-corrected chi connectivity index (χ2v) is 3.98. The van der Waals surface area contributed by atoms with Gasteiger partial charge in [-0.05, 0) is 17.7 Å². The van der Waals surface area contributed by atoms with Crippen LogP contribution in [0.1, 0.15) is 16.1 Å². The average molecular weight is 260 g/mol. The van der Waals surface area contributed by atoms with E-state index in [0.717, 1.165) is 5.56 Å². The number of carbonyl (C=O) groups is 1. The summed E-state index contributed by atoms with van der Waals surface area (Å²) in [5.74, 6) is -0.155. The summed E-state index contributed by atoms with van der Waals surface area (Å²) in [7, 11) is 1.62. The summed E-state index contributed by atoms with van der Waals surface area (Å²) < 4.78 is 6.61. The first-order valence-electron chi connectivity index (χ1n) is 5.99. The SMILES string of the molecule is COCCn1nccc1C(=O)NCc1cccnc1. The maximum Gasteiger partial charge on any atom is 0.269 e. The Hall–Kier alpha value is -2.21. The zero-order valence-corrected chi connectivity index (χ0v) is 10.7. The number of carbonyl (C=O) groups excluding carboxylic acids is 1. The second-order valence-electron chi connectivity index (χ2n) is 3.98. The van der Waals surface area contributed by atoms with Gasteiger partial charge >= 0.3 is 0 Å². The minimum atomic E-state index is -0.155. The number of nitrogens with one attached hydrogen (secondary N) is 1. The Morgan fingerprint density at radius 3 is 3.05 bits per heavy atom. The van der Waals surface area contributed by atoms with E-state index in [0.29, 0.717) is 25.4 Å². The summed E-state index contributed by atoms with van der Waals surface area (Å²) in [6.45, 7) is 1.52. The van der Waals surface area contributed by atoms with Crippen LogP contribution in [0, 0.1) is 0 Å². The fraction of sp³-hybridized carbons (Fsp3) is 0.308. The van der Waals surface area contributed by atoms with Crippen LogP contribution in [0.3, 0.4) is 0 Å². The largest absolute Gasteiger partial charge is 0.383 e. The van der Waals surface area contributed by atoms with Crippen LogP contribution >= 0.6 is 0 Å². The molecule has 0 aromatic carbocycles. The van der Waals surface area contributed by atoms with E-state index in [1.165, 1.54) is 0 Å². The molecule has 0 atom stereocenters. The topological polar surface area (TPSA) is 69.0 Å². The third kappa shape index (κ3) is 3.62. The third-order valence-corrected chi connectivity index (χ3v) is 2.63. The molecule has 2 aromatic rings. The average Bonchev–Trinajstić information content (AvgIpc) is 2.92. The zero-order chi connectivity index (χ0) is 13.5. The van der Waals surface area contributed by atoms with E-state index in [2.05, 4.69) is 15.4 Å². The minimum absolute atomic E-state index is 0.155. The molecule has 6 nitrogen and oxygen atoms in total. The number of nitrogens with zero attached hydrogens (tertiary/aromatic N) is 3. The van der Waals surface area contributed by atoms with Crippen molar-refractivity contribution in [2.24, 2.45) is 0 Å². The van der Waals surface area contributed by atoms with E-state index in [4.69, 9.17) is 4.74 Å². The van der Waals surface area contributed by atoms with Gasteiger partial charge in [0, 0.05) is 32.2 Å². The van der Waals surface area contributed by atoms with Crippen molar-refractivity contribution in [3.05, 3.63) is 48.0 Å². The normalized spacial score (nSPS) is 10.4. The number of hydrogen-bond donors (Lipinski definition) is 1. The maximum absolute atomic E-state index is 12.0. The lowest BCUT2D eigenvalue weighted by Gasteiger charge is -2.07. The molecule has 6 heteroatoms. The molecule has 0 fully saturated rings. The van der Waals surface area contributed by atoms with Gasteiger partial charge in [0.25, 0.3) is 5.91 Å². The molecule has 0 aliphatic heterocycles. The van der Waals surface area contributed by atoms with Crippen LogP contribution < -0.4 is 5.32 Å². The first kappa shape index (κ1) is 13.2. The van der Waals surface area contributed by atoms with Gasteiger partial charge in [0.2, 0.25) is 0 Å². The number of aromatic nitrogens is 3. The smallest absolute Gasteiger partial charge is 0.269 e. The van der Waals surface area contributed by atoms with E-state index in [-0.39, 0.29) is 5.91 Å². The van der Waals surface area contributed by atoms with Crippen molar-refractivity contribution in [2.75, 3.05) is 13.7 Å². The number of hydrogen-bond acceptors (Lipinski definition) is 4. The van der Waals surface area contributed by atoms with Gasteiger partial charge in [-0.3, -0.25) is 14.5 Å². The Balaban J connectivity index is 1.94. The van der Waals surface area contributed by atoms with Gasteiger partial charge in [-0.25, -0.2) is 0 Å². The van der Waals surface area contributed by atoms with Gasteiger partial charge in [-0.2, -0.15) is 5.10 Å². The van der Waals surface area contributed by atoms with E-state index in [9.17, 15) is 4.79 Å². The molecule has 0 spiro atoms. The summed E-state index contributed by atoms with van der Waals surface area (Å²) in [6, 6.07) is 5.44. The first-order chi connectivity index (χ1) is 9.31. The fourth-order valence-electron chi connectivity index (χ4n) is 1.66. The summed E-state index contributed by atoms with van der Waals surface area (Å²) >= 11 is 0. The predicted octanol–water partition coefficient (Wildman–Crippen LogP) is 0.854. The van der Waals surface area contributed by atoms with Crippen molar-refractivity contribution in [3.8, 4) is 0 Å². The van der Waals surface area contributed by atoms with Gasteiger partial charge in [0.15, 0.2) is 0 Å². The Morgan fingerprint density at radius 1 is 1.42 bits per heavy atom. The standard InChI is InChI=1S/C13H16N4O2/c1-19-8-7-17-12(4-6-16-17)13(18)15-10-11-3-2-5-14-9-11/h2-6,9H,7-8,10H2,1H3,(H,15,18). The molecule has 1 amide bonds. The van der Waals surface area contributed by atoms with E-state index in [1.54, 1.807) is 36.4 Å². The molecule has 19 heavy (non-hydrogen) atoms. The third-order valence-electron chi connectivity index (χ3n) is 2.63. The Kier molecular flexibility index (Phi) is 4.63. The first-order valence-corrected chi connectivity index (χ1v) is 5.99.